The number of carbonyl (C=O) groups is 2. The molecule has 34 heavy (non-hydrogen) atoms. The molecular weight excluding hydrogens is 468 g/mol. The number of rotatable bonds is 8. The Morgan fingerprint density at radius 3 is 2.76 bits per heavy atom. The van der Waals surface area contributed by atoms with Crippen molar-refractivity contribution < 1.29 is 14.3 Å². The predicted molar refractivity (Wildman–Crippen MR) is 134 cm³/mol. The number of nitrogens with one attached hydrogen (secondary N) is 1. The molecular formula is C25H28N4O3S2. The van der Waals surface area contributed by atoms with E-state index in [0.29, 0.717) is 29.0 Å². The van der Waals surface area contributed by atoms with E-state index in [1.54, 1.807) is 6.92 Å². The zero-order chi connectivity index (χ0) is 23.7. The number of anilines is 1. The third-order valence-corrected chi connectivity index (χ3v) is 8.68. The van der Waals surface area contributed by atoms with Gasteiger partial charge in [0, 0.05) is 17.8 Å². The SMILES string of the molecule is CCOC(=O)c1c(NC(=O)CSc2nnc(C3CC3c3ccccc3)n2C)sc2c1CCCC2. The number of aromatic nitrogens is 3. The number of nitrogens with zero attached hydrogens (tertiary/aromatic N) is 3. The lowest BCUT2D eigenvalue weighted by molar-refractivity contribution is -0.113. The molecule has 0 saturated heterocycles. The molecule has 9 heteroatoms. The van der Waals surface area contributed by atoms with Crippen molar-refractivity contribution in [1.29, 1.82) is 0 Å². The predicted octanol–water partition coefficient (Wildman–Crippen LogP) is 4.93. The molecule has 0 radical (unpaired) electrons. The number of aryl methyl sites for hydroxylation is 1. The van der Waals surface area contributed by atoms with Crippen molar-refractivity contribution in [2.24, 2.45) is 7.05 Å². The van der Waals surface area contributed by atoms with Gasteiger partial charge >= 0.3 is 5.97 Å². The van der Waals surface area contributed by atoms with Crippen LogP contribution < -0.4 is 5.32 Å². The van der Waals surface area contributed by atoms with E-state index < -0.39 is 0 Å². The van der Waals surface area contributed by atoms with Crippen LogP contribution in [0.5, 0.6) is 0 Å². The maximum atomic E-state index is 12.8. The number of thiophene rings is 1. The molecule has 1 amide bonds. The lowest BCUT2D eigenvalue weighted by atomic mass is 9.95. The number of esters is 1. The highest BCUT2D eigenvalue weighted by molar-refractivity contribution is 7.99. The van der Waals surface area contributed by atoms with Gasteiger partial charge in [0.25, 0.3) is 0 Å². The lowest BCUT2D eigenvalue weighted by Gasteiger charge is -2.12. The zero-order valence-corrected chi connectivity index (χ0v) is 21.0. The van der Waals surface area contributed by atoms with Gasteiger partial charge in [-0.1, -0.05) is 42.1 Å². The summed E-state index contributed by atoms with van der Waals surface area (Å²) in [7, 11) is 1.96. The van der Waals surface area contributed by atoms with Crippen molar-refractivity contribution in [2.45, 2.75) is 56.0 Å². The molecule has 0 aliphatic heterocycles. The number of hydrogen-bond acceptors (Lipinski definition) is 7. The highest BCUT2D eigenvalue weighted by atomic mass is 32.2. The van der Waals surface area contributed by atoms with Crippen LogP contribution in [-0.4, -0.2) is 39.0 Å². The van der Waals surface area contributed by atoms with Gasteiger partial charge in [0.2, 0.25) is 5.91 Å². The van der Waals surface area contributed by atoms with Crippen molar-refractivity contribution in [2.75, 3.05) is 17.7 Å². The fourth-order valence-corrected chi connectivity index (χ4v) is 6.70. The lowest BCUT2D eigenvalue weighted by Crippen LogP contribution is -2.17. The first-order valence-electron chi connectivity index (χ1n) is 11.7. The zero-order valence-electron chi connectivity index (χ0n) is 19.4. The average molecular weight is 497 g/mol. The van der Waals surface area contributed by atoms with Gasteiger partial charge in [0.1, 0.15) is 10.8 Å². The molecule has 3 aromatic rings. The van der Waals surface area contributed by atoms with Gasteiger partial charge in [0.05, 0.1) is 17.9 Å². The van der Waals surface area contributed by atoms with Crippen LogP contribution in [0.2, 0.25) is 0 Å². The van der Waals surface area contributed by atoms with Gasteiger partial charge in [-0.25, -0.2) is 4.79 Å². The third-order valence-electron chi connectivity index (χ3n) is 6.45. The second kappa shape index (κ2) is 9.92. The number of amides is 1. The van der Waals surface area contributed by atoms with E-state index in [1.165, 1.54) is 33.5 Å². The number of carbonyl (C=O) groups excluding carboxylic acids is 2. The van der Waals surface area contributed by atoms with E-state index in [1.807, 2.05) is 17.7 Å². The van der Waals surface area contributed by atoms with E-state index in [9.17, 15) is 9.59 Å². The first kappa shape index (κ1) is 23.1. The molecule has 0 bridgehead atoms. The second-order valence-corrected chi connectivity index (χ2v) is 10.8. The van der Waals surface area contributed by atoms with E-state index >= 15 is 0 Å². The maximum Gasteiger partial charge on any atom is 0.341 e. The molecule has 1 N–H and O–H groups in total. The largest absolute Gasteiger partial charge is 0.462 e. The Morgan fingerprint density at radius 2 is 1.97 bits per heavy atom. The first-order valence-corrected chi connectivity index (χ1v) is 13.6. The maximum absolute atomic E-state index is 12.8. The molecule has 2 heterocycles. The quantitative estimate of drug-likeness (QED) is 0.351. The monoisotopic (exact) mass is 496 g/mol. The molecule has 2 aliphatic carbocycles. The highest BCUT2D eigenvalue weighted by Crippen LogP contribution is 2.54. The minimum Gasteiger partial charge on any atom is -0.462 e. The molecule has 0 spiro atoms. The van der Waals surface area contributed by atoms with Crippen LogP contribution in [0.1, 0.15) is 70.2 Å². The van der Waals surface area contributed by atoms with Gasteiger partial charge in [-0.3, -0.25) is 4.79 Å². The van der Waals surface area contributed by atoms with E-state index in [0.717, 1.165) is 48.6 Å². The minimum absolute atomic E-state index is 0.160. The highest BCUT2D eigenvalue weighted by Gasteiger charge is 2.43. The van der Waals surface area contributed by atoms with Crippen molar-refractivity contribution in [3.63, 3.8) is 0 Å². The standard InChI is InChI=1S/C25H28N4O3S2/c1-3-32-24(31)21-16-11-7-8-12-19(16)34-23(21)26-20(30)14-33-25-28-27-22(29(25)2)18-13-17(18)15-9-5-4-6-10-15/h4-6,9-10,17-18H,3,7-8,11-14H2,1-2H3,(H,26,30). The van der Waals surface area contributed by atoms with Crippen LogP contribution in [0.15, 0.2) is 35.5 Å². The summed E-state index contributed by atoms with van der Waals surface area (Å²) in [6, 6.07) is 10.5. The molecule has 2 aromatic heterocycles. The summed E-state index contributed by atoms with van der Waals surface area (Å²) in [4.78, 5) is 26.6. The Labute approximate surface area is 207 Å². The van der Waals surface area contributed by atoms with Gasteiger partial charge in [-0.2, -0.15) is 0 Å². The van der Waals surface area contributed by atoms with Crippen molar-refractivity contribution in [1.82, 2.24) is 14.8 Å². The molecule has 2 unspecified atom stereocenters. The Hall–Kier alpha value is -2.65. The molecule has 1 aromatic carbocycles. The minimum atomic E-state index is -0.347. The normalized spacial score (nSPS) is 18.9. The fourth-order valence-electron chi connectivity index (χ4n) is 4.69. The van der Waals surface area contributed by atoms with Gasteiger partial charge in [-0.15, -0.1) is 21.5 Å². The molecule has 5 rings (SSSR count). The number of thioether (sulfide) groups is 1. The van der Waals surface area contributed by atoms with Crippen LogP contribution in [0.25, 0.3) is 0 Å². The van der Waals surface area contributed by atoms with Gasteiger partial charge < -0.3 is 14.6 Å². The van der Waals surface area contributed by atoms with Crippen LogP contribution >= 0.6 is 23.1 Å². The van der Waals surface area contributed by atoms with Crippen LogP contribution in [0, 0.1) is 0 Å². The number of benzene rings is 1. The Bertz CT molecular complexity index is 1200. The third kappa shape index (κ3) is 4.63. The summed E-state index contributed by atoms with van der Waals surface area (Å²) in [5.74, 6) is 1.51. The molecule has 2 atom stereocenters. The molecule has 7 nitrogen and oxygen atoms in total. The van der Waals surface area contributed by atoms with E-state index in [-0.39, 0.29) is 17.6 Å². The van der Waals surface area contributed by atoms with Crippen LogP contribution in [0.3, 0.4) is 0 Å². The Balaban J connectivity index is 1.23. The summed E-state index contributed by atoms with van der Waals surface area (Å²) in [6.45, 7) is 2.11. The van der Waals surface area contributed by atoms with E-state index in [4.69, 9.17) is 4.74 Å². The smallest absolute Gasteiger partial charge is 0.341 e. The second-order valence-electron chi connectivity index (χ2n) is 8.73. The van der Waals surface area contributed by atoms with Gasteiger partial charge in [0.15, 0.2) is 5.16 Å². The number of hydrogen-bond donors (Lipinski definition) is 1. The number of fused-ring (bicyclic) bond motifs is 1. The van der Waals surface area contributed by atoms with E-state index in [2.05, 4.69) is 39.8 Å². The first-order chi connectivity index (χ1) is 16.6. The van der Waals surface area contributed by atoms with Crippen LogP contribution in [-0.2, 0) is 29.4 Å². The van der Waals surface area contributed by atoms with Crippen LogP contribution in [0.4, 0.5) is 5.00 Å². The molecule has 2 aliphatic rings. The average Bonchev–Trinajstić information content (AvgIpc) is 3.42. The summed E-state index contributed by atoms with van der Waals surface area (Å²) < 4.78 is 7.28. The summed E-state index contributed by atoms with van der Waals surface area (Å²) in [6.07, 6.45) is 5.04. The topological polar surface area (TPSA) is 86.1 Å². The van der Waals surface area contributed by atoms with Gasteiger partial charge in [-0.05, 0) is 56.1 Å². The molecule has 1 saturated carbocycles. The fraction of sp³-hybridized carbons (Fsp3) is 0.440. The molecule has 178 valence electrons. The summed E-state index contributed by atoms with van der Waals surface area (Å²) in [5.41, 5.74) is 2.93. The summed E-state index contributed by atoms with van der Waals surface area (Å²) in [5, 5.41) is 13.0. The van der Waals surface area contributed by atoms with Crippen molar-refractivity contribution in [3.8, 4) is 0 Å². The van der Waals surface area contributed by atoms with Crippen molar-refractivity contribution in [3.05, 3.63) is 57.7 Å². The Morgan fingerprint density at radius 1 is 1.18 bits per heavy atom. The summed E-state index contributed by atoms with van der Waals surface area (Å²) >= 11 is 2.87. The Kier molecular flexibility index (Phi) is 6.74. The molecule has 1 fully saturated rings. The number of ether oxygens (including phenoxy) is 1. The van der Waals surface area contributed by atoms with Crippen molar-refractivity contribution >= 4 is 40.0 Å².